The number of halogens is 2. The van der Waals surface area contributed by atoms with Crippen molar-refractivity contribution in [3.63, 3.8) is 0 Å². The molecule has 0 spiro atoms. The second kappa shape index (κ2) is 4.88. The van der Waals surface area contributed by atoms with Crippen LogP contribution in [0.3, 0.4) is 0 Å². The number of nitrogens with zero attached hydrogens (tertiary/aromatic N) is 2. The van der Waals surface area contributed by atoms with Gasteiger partial charge in [0.25, 0.3) is 5.92 Å². The van der Waals surface area contributed by atoms with Gasteiger partial charge in [0.15, 0.2) is 0 Å². The van der Waals surface area contributed by atoms with Gasteiger partial charge in [-0.25, -0.2) is 13.8 Å². The molecule has 2 rings (SSSR count). The van der Waals surface area contributed by atoms with Crippen molar-refractivity contribution in [2.45, 2.75) is 25.7 Å². The van der Waals surface area contributed by atoms with E-state index in [2.05, 4.69) is 9.97 Å². The number of likely N-dealkylation sites (tertiary alicyclic amines) is 1. The summed E-state index contributed by atoms with van der Waals surface area (Å²) in [5.74, 6) is -1.65. The third-order valence-electron chi connectivity index (χ3n) is 2.96. The van der Waals surface area contributed by atoms with Gasteiger partial charge in [0.05, 0.1) is 0 Å². The highest BCUT2D eigenvalue weighted by atomic mass is 19.3. The molecule has 1 saturated heterocycles. The minimum Gasteiger partial charge on any atom is -0.357 e. The van der Waals surface area contributed by atoms with Crippen LogP contribution in [0.1, 0.15) is 24.4 Å². The molecule has 4 nitrogen and oxygen atoms in total. The van der Waals surface area contributed by atoms with Crippen LogP contribution in [0.15, 0.2) is 12.3 Å². The van der Waals surface area contributed by atoms with Gasteiger partial charge in [-0.15, -0.1) is 0 Å². The lowest BCUT2D eigenvalue weighted by atomic mass is 10.1. The molecule has 6 heteroatoms. The van der Waals surface area contributed by atoms with Gasteiger partial charge in [-0.3, -0.25) is 5.41 Å². The smallest absolute Gasteiger partial charge is 0.251 e. The molecule has 2 N–H and O–H groups in total. The second-order valence-electron chi connectivity index (χ2n) is 4.51. The third-order valence-corrected chi connectivity index (χ3v) is 2.96. The zero-order valence-electron chi connectivity index (χ0n) is 10.2. The quantitative estimate of drug-likeness (QED) is 0.629. The fourth-order valence-electron chi connectivity index (χ4n) is 1.86. The van der Waals surface area contributed by atoms with Crippen LogP contribution >= 0.6 is 0 Å². The second-order valence-corrected chi connectivity index (χ2v) is 4.51. The predicted octanol–water partition coefficient (Wildman–Crippen LogP) is 2.44. The van der Waals surface area contributed by atoms with Gasteiger partial charge >= 0.3 is 0 Å². The molecule has 0 unspecified atom stereocenters. The molecular weight excluding hydrogens is 238 g/mol. The van der Waals surface area contributed by atoms with E-state index in [4.69, 9.17) is 5.41 Å². The van der Waals surface area contributed by atoms with Crippen molar-refractivity contribution in [2.75, 3.05) is 13.1 Å². The first-order valence-corrected chi connectivity index (χ1v) is 5.87. The van der Waals surface area contributed by atoms with Crippen LogP contribution in [0.5, 0.6) is 0 Å². The zero-order valence-corrected chi connectivity index (χ0v) is 10.2. The Hall–Kier alpha value is -1.72. The summed E-state index contributed by atoms with van der Waals surface area (Å²) in [4.78, 5) is 8.75. The van der Waals surface area contributed by atoms with Crippen molar-refractivity contribution < 1.29 is 8.78 Å². The summed E-state index contributed by atoms with van der Waals surface area (Å²) >= 11 is 0. The average molecular weight is 254 g/mol. The minimum absolute atomic E-state index is 0.177. The fraction of sp³-hybridized carbons (Fsp3) is 0.500. The Morgan fingerprint density at radius 2 is 2.17 bits per heavy atom. The molecule has 1 aliphatic rings. The van der Waals surface area contributed by atoms with Crippen molar-refractivity contribution >= 4 is 11.9 Å². The molecule has 2 heterocycles. The molecular formula is C12H16F2N4. The van der Waals surface area contributed by atoms with Gasteiger partial charge in [-0.05, 0) is 19.1 Å². The number of aryl methyl sites for hydroxylation is 1. The topological polar surface area (TPSA) is 55.8 Å². The molecule has 0 atom stereocenters. The maximum Gasteiger partial charge on any atom is 0.251 e. The molecule has 0 bridgehead atoms. The molecule has 1 fully saturated rings. The monoisotopic (exact) mass is 254 g/mol. The lowest BCUT2D eigenvalue weighted by molar-refractivity contribution is -0.0434. The van der Waals surface area contributed by atoms with Crippen molar-refractivity contribution in [1.29, 1.82) is 5.41 Å². The lowest BCUT2D eigenvalue weighted by Crippen LogP contribution is -2.41. The largest absolute Gasteiger partial charge is 0.357 e. The van der Waals surface area contributed by atoms with E-state index in [0.29, 0.717) is 5.82 Å². The van der Waals surface area contributed by atoms with Gasteiger partial charge in [0.1, 0.15) is 11.7 Å². The molecule has 1 aromatic heterocycles. The van der Waals surface area contributed by atoms with E-state index >= 15 is 0 Å². The van der Waals surface area contributed by atoms with Crippen LogP contribution < -0.4 is 0 Å². The highest BCUT2D eigenvalue weighted by Crippen LogP contribution is 2.27. The van der Waals surface area contributed by atoms with Gasteiger partial charge < -0.3 is 9.88 Å². The molecule has 0 saturated carbocycles. The molecule has 0 aromatic carbocycles. The normalized spacial score (nSPS) is 19.4. The summed E-state index contributed by atoms with van der Waals surface area (Å²) in [6, 6.07) is 0. The Balaban J connectivity index is 1.91. The molecule has 1 aromatic rings. The van der Waals surface area contributed by atoms with Crippen LogP contribution in [0.2, 0.25) is 0 Å². The van der Waals surface area contributed by atoms with E-state index in [1.165, 1.54) is 0 Å². The Kier molecular flexibility index (Phi) is 3.45. The Bertz CT molecular complexity index is 454. The number of rotatable bonds is 2. The number of hydrogen-bond donors (Lipinski definition) is 2. The lowest BCUT2D eigenvalue weighted by Gasteiger charge is -2.32. The Morgan fingerprint density at radius 3 is 2.72 bits per heavy atom. The van der Waals surface area contributed by atoms with Crippen molar-refractivity contribution in [3.8, 4) is 0 Å². The number of nitrogens with one attached hydrogen (secondary N) is 2. The number of hydrogen-bond acceptors (Lipinski definition) is 2. The number of aromatic amines is 1. The third kappa shape index (κ3) is 3.15. The van der Waals surface area contributed by atoms with Crippen molar-refractivity contribution in [3.05, 3.63) is 23.8 Å². The highest BCUT2D eigenvalue weighted by molar-refractivity contribution is 5.93. The van der Waals surface area contributed by atoms with Gasteiger partial charge in [0.2, 0.25) is 0 Å². The van der Waals surface area contributed by atoms with Crippen LogP contribution in [0.4, 0.5) is 8.78 Å². The molecule has 1 aliphatic heterocycles. The summed E-state index contributed by atoms with van der Waals surface area (Å²) in [6.07, 6.45) is 4.61. The standard InChI is InChI=1S/C12H16F2N4/c1-9-8-16-11(17-9)3-2-10(15)18-6-4-12(13,14)5-7-18/h2-3,8,15H,4-7H2,1H3,(H,16,17)/b3-2-,15-10?. The average Bonchev–Trinajstić information content (AvgIpc) is 2.72. The maximum atomic E-state index is 13.0. The molecule has 0 amide bonds. The molecule has 18 heavy (non-hydrogen) atoms. The summed E-state index contributed by atoms with van der Waals surface area (Å²) < 4.78 is 25.9. The van der Waals surface area contributed by atoms with E-state index in [-0.39, 0.29) is 31.8 Å². The van der Waals surface area contributed by atoms with Crippen LogP contribution in [-0.2, 0) is 0 Å². The van der Waals surface area contributed by atoms with Crippen LogP contribution in [0.25, 0.3) is 6.08 Å². The first kappa shape index (κ1) is 12.7. The number of amidine groups is 1. The summed E-state index contributed by atoms with van der Waals surface area (Å²) in [5.41, 5.74) is 0.943. The van der Waals surface area contributed by atoms with Crippen molar-refractivity contribution in [2.24, 2.45) is 0 Å². The molecule has 0 radical (unpaired) electrons. The summed E-state index contributed by atoms with van der Waals surface area (Å²) in [6.45, 7) is 2.35. The van der Waals surface area contributed by atoms with E-state index in [0.717, 1.165) is 5.69 Å². The summed E-state index contributed by atoms with van der Waals surface area (Å²) in [5, 5.41) is 7.82. The van der Waals surface area contributed by atoms with Gasteiger partial charge in [-0.2, -0.15) is 0 Å². The number of imidazole rings is 1. The van der Waals surface area contributed by atoms with Gasteiger partial charge in [0, 0.05) is 37.8 Å². The Labute approximate surface area is 104 Å². The fourth-order valence-corrected chi connectivity index (χ4v) is 1.86. The van der Waals surface area contributed by atoms with E-state index in [9.17, 15) is 8.78 Å². The van der Waals surface area contributed by atoms with E-state index in [1.54, 1.807) is 23.2 Å². The molecule has 0 aliphatic carbocycles. The Morgan fingerprint density at radius 1 is 1.50 bits per heavy atom. The highest BCUT2D eigenvalue weighted by Gasteiger charge is 2.34. The minimum atomic E-state index is -2.57. The van der Waals surface area contributed by atoms with Crippen LogP contribution in [0, 0.1) is 12.3 Å². The van der Waals surface area contributed by atoms with Crippen LogP contribution in [-0.4, -0.2) is 39.7 Å². The number of alkyl halides is 2. The van der Waals surface area contributed by atoms with Crippen molar-refractivity contribution in [1.82, 2.24) is 14.9 Å². The SMILES string of the molecule is Cc1cnc(/C=C\C(=N)N2CCC(F)(F)CC2)[nH]1. The summed E-state index contributed by atoms with van der Waals surface area (Å²) in [7, 11) is 0. The number of piperidine rings is 1. The van der Waals surface area contributed by atoms with Gasteiger partial charge in [-0.1, -0.05) is 0 Å². The first-order chi connectivity index (χ1) is 8.46. The van der Waals surface area contributed by atoms with E-state index < -0.39 is 5.92 Å². The zero-order chi connectivity index (χ0) is 13.2. The first-order valence-electron chi connectivity index (χ1n) is 5.87. The maximum absolute atomic E-state index is 13.0. The number of H-pyrrole nitrogens is 1. The number of aromatic nitrogens is 2. The molecule has 98 valence electrons. The predicted molar refractivity (Wildman–Crippen MR) is 65.8 cm³/mol. The van der Waals surface area contributed by atoms with E-state index in [1.807, 2.05) is 6.92 Å².